The third-order valence-electron chi connectivity index (χ3n) is 2.49. The smallest absolute Gasteiger partial charge is 0.276 e. The molecule has 0 saturated carbocycles. The molecule has 21 heavy (non-hydrogen) atoms. The van der Waals surface area contributed by atoms with Crippen LogP contribution in [0.25, 0.3) is 0 Å². The van der Waals surface area contributed by atoms with Crippen molar-refractivity contribution in [3.8, 4) is 0 Å². The first-order chi connectivity index (χ1) is 9.92. The lowest BCUT2D eigenvalue weighted by atomic mass is 10.3. The van der Waals surface area contributed by atoms with Crippen molar-refractivity contribution >= 4 is 23.2 Å². The lowest BCUT2D eigenvalue weighted by molar-refractivity contribution is -0.384. The van der Waals surface area contributed by atoms with E-state index in [0.717, 1.165) is 0 Å². The number of nitrogens with one attached hydrogen (secondary N) is 3. The molecule has 8 nitrogen and oxygen atoms in total. The Morgan fingerprint density at radius 3 is 2.48 bits per heavy atom. The van der Waals surface area contributed by atoms with Crippen LogP contribution in [0.4, 0.5) is 17.3 Å². The quantitative estimate of drug-likeness (QED) is 0.498. The molecular weight excluding hydrogens is 274 g/mol. The van der Waals surface area contributed by atoms with Crippen molar-refractivity contribution in [3.05, 3.63) is 22.2 Å². The SMILES string of the molecule is CCNc1cc([N+](=O)[O-])cc(NCCC(=O)NC(C)C)n1. The number of hydrogen-bond acceptors (Lipinski definition) is 6. The average molecular weight is 295 g/mol. The summed E-state index contributed by atoms with van der Waals surface area (Å²) >= 11 is 0. The minimum atomic E-state index is -0.473. The maximum atomic E-state index is 11.5. The number of nitro groups is 1. The van der Waals surface area contributed by atoms with Crippen LogP contribution in [0.2, 0.25) is 0 Å². The van der Waals surface area contributed by atoms with Gasteiger partial charge in [-0.2, -0.15) is 0 Å². The summed E-state index contributed by atoms with van der Waals surface area (Å²) in [6.45, 7) is 6.62. The Morgan fingerprint density at radius 2 is 1.95 bits per heavy atom. The molecule has 0 spiro atoms. The molecule has 1 heterocycles. The Kier molecular flexibility index (Phi) is 6.38. The van der Waals surface area contributed by atoms with Crippen LogP contribution >= 0.6 is 0 Å². The Morgan fingerprint density at radius 1 is 1.33 bits per heavy atom. The third-order valence-corrected chi connectivity index (χ3v) is 2.49. The molecule has 0 aliphatic rings. The maximum Gasteiger partial charge on any atom is 0.276 e. The maximum absolute atomic E-state index is 11.5. The number of nitrogens with zero attached hydrogens (tertiary/aromatic N) is 2. The van der Waals surface area contributed by atoms with Crippen molar-refractivity contribution in [2.24, 2.45) is 0 Å². The van der Waals surface area contributed by atoms with E-state index in [1.165, 1.54) is 12.1 Å². The summed E-state index contributed by atoms with van der Waals surface area (Å²) in [6.07, 6.45) is 0.277. The first kappa shape index (κ1) is 16.7. The van der Waals surface area contributed by atoms with Crippen LogP contribution < -0.4 is 16.0 Å². The molecule has 116 valence electrons. The van der Waals surface area contributed by atoms with Gasteiger partial charge in [-0.05, 0) is 20.8 Å². The molecule has 3 N–H and O–H groups in total. The Labute approximate surface area is 123 Å². The van der Waals surface area contributed by atoms with E-state index in [0.29, 0.717) is 24.7 Å². The normalized spacial score (nSPS) is 10.3. The number of anilines is 2. The number of rotatable bonds is 8. The monoisotopic (exact) mass is 295 g/mol. The van der Waals surface area contributed by atoms with Crippen LogP contribution in [-0.2, 0) is 4.79 Å². The summed E-state index contributed by atoms with van der Waals surface area (Å²) in [4.78, 5) is 26.1. The summed E-state index contributed by atoms with van der Waals surface area (Å²) in [5.41, 5.74) is -0.0462. The fourth-order valence-corrected chi connectivity index (χ4v) is 1.68. The van der Waals surface area contributed by atoms with Crippen LogP contribution in [0.5, 0.6) is 0 Å². The van der Waals surface area contributed by atoms with Crippen molar-refractivity contribution in [2.45, 2.75) is 33.2 Å². The highest BCUT2D eigenvalue weighted by Crippen LogP contribution is 2.20. The van der Waals surface area contributed by atoms with Crippen LogP contribution in [0.1, 0.15) is 27.2 Å². The number of hydrogen-bond donors (Lipinski definition) is 3. The predicted molar refractivity (Wildman–Crippen MR) is 81.4 cm³/mol. The van der Waals surface area contributed by atoms with E-state index in [1.807, 2.05) is 20.8 Å². The lowest BCUT2D eigenvalue weighted by Gasteiger charge is -2.10. The third kappa shape index (κ3) is 6.07. The van der Waals surface area contributed by atoms with E-state index < -0.39 is 4.92 Å². The number of carbonyl (C=O) groups is 1. The van der Waals surface area contributed by atoms with Crippen molar-refractivity contribution in [1.29, 1.82) is 0 Å². The Bertz CT molecular complexity index is 505. The van der Waals surface area contributed by atoms with Crippen LogP contribution in [-0.4, -0.2) is 34.9 Å². The standard InChI is InChI=1S/C13H21N5O3/c1-4-14-11-7-10(18(20)21)8-12(17-11)15-6-5-13(19)16-9(2)3/h7-9H,4-6H2,1-3H3,(H,16,19)(H2,14,15,17). The van der Waals surface area contributed by atoms with Crippen molar-refractivity contribution < 1.29 is 9.72 Å². The summed E-state index contributed by atoms with van der Waals surface area (Å²) in [7, 11) is 0. The van der Waals surface area contributed by atoms with Gasteiger partial charge in [0.2, 0.25) is 5.91 Å². The Hall–Kier alpha value is -2.38. The summed E-state index contributed by atoms with van der Waals surface area (Å²) in [5, 5.41) is 19.5. The van der Waals surface area contributed by atoms with E-state index in [9.17, 15) is 14.9 Å². The molecule has 0 radical (unpaired) electrons. The highest BCUT2D eigenvalue weighted by molar-refractivity contribution is 5.76. The van der Waals surface area contributed by atoms with Gasteiger partial charge in [0.15, 0.2) is 0 Å². The molecule has 0 aromatic carbocycles. The Balaban J connectivity index is 2.65. The molecule has 1 amide bonds. The molecule has 0 fully saturated rings. The summed E-state index contributed by atoms with van der Waals surface area (Å²) < 4.78 is 0. The second-order valence-electron chi connectivity index (χ2n) is 4.78. The molecule has 1 rings (SSSR count). The second-order valence-corrected chi connectivity index (χ2v) is 4.78. The molecule has 1 aromatic heterocycles. The van der Waals surface area contributed by atoms with E-state index >= 15 is 0 Å². The molecule has 8 heteroatoms. The van der Waals surface area contributed by atoms with Gasteiger partial charge in [-0.1, -0.05) is 0 Å². The van der Waals surface area contributed by atoms with Crippen LogP contribution in [0.15, 0.2) is 12.1 Å². The van der Waals surface area contributed by atoms with Gasteiger partial charge in [0.25, 0.3) is 5.69 Å². The molecule has 0 atom stereocenters. The first-order valence-corrected chi connectivity index (χ1v) is 6.86. The van der Waals surface area contributed by atoms with Crippen molar-refractivity contribution in [2.75, 3.05) is 23.7 Å². The van der Waals surface area contributed by atoms with Crippen molar-refractivity contribution in [1.82, 2.24) is 10.3 Å². The highest BCUT2D eigenvalue weighted by Gasteiger charge is 2.11. The predicted octanol–water partition coefficient (Wildman–Crippen LogP) is 1.75. The fraction of sp³-hybridized carbons (Fsp3) is 0.538. The van der Waals surface area contributed by atoms with Gasteiger partial charge < -0.3 is 16.0 Å². The molecule has 0 aliphatic heterocycles. The van der Waals surface area contributed by atoms with Gasteiger partial charge in [0.1, 0.15) is 11.6 Å². The van der Waals surface area contributed by atoms with E-state index in [1.54, 1.807) is 0 Å². The molecule has 0 unspecified atom stereocenters. The zero-order chi connectivity index (χ0) is 15.8. The van der Waals surface area contributed by atoms with E-state index in [2.05, 4.69) is 20.9 Å². The number of carbonyl (C=O) groups excluding carboxylic acids is 1. The second kappa shape index (κ2) is 8.03. The molecule has 1 aromatic rings. The summed E-state index contributed by atoms with van der Waals surface area (Å²) in [6, 6.07) is 2.82. The van der Waals surface area contributed by atoms with E-state index in [4.69, 9.17) is 0 Å². The minimum Gasteiger partial charge on any atom is -0.370 e. The van der Waals surface area contributed by atoms with Gasteiger partial charge in [-0.15, -0.1) is 0 Å². The molecule has 0 bridgehead atoms. The van der Waals surface area contributed by atoms with Crippen LogP contribution in [0.3, 0.4) is 0 Å². The molecule has 0 aliphatic carbocycles. The van der Waals surface area contributed by atoms with Gasteiger partial charge >= 0.3 is 0 Å². The zero-order valence-electron chi connectivity index (χ0n) is 12.5. The van der Waals surface area contributed by atoms with E-state index in [-0.39, 0.29) is 24.1 Å². The number of amides is 1. The topological polar surface area (TPSA) is 109 Å². The summed E-state index contributed by atoms with van der Waals surface area (Å²) in [5.74, 6) is 0.730. The number of pyridine rings is 1. The lowest BCUT2D eigenvalue weighted by Crippen LogP contribution is -2.31. The van der Waals surface area contributed by atoms with Gasteiger partial charge in [-0.25, -0.2) is 4.98 Å². The van der Waals surface area contributed by atoms with Gasteiger partial charge in [0, 0.05) is 25.6 Å². The average Bonchev–Trinajstić information content (AvgIpc) is 2.37. The van der Waals surface area contributed by atoms with Gasteiger partial charge in [0.05, 0.1) is 17.1 Å². The highest BCUT2D eigenvalue weighted by atomic mass is 16.6. The van der Waals surface area contributed by atoms with Crippen LogP contribution in [0, 0.1) is 10.1 Å². The largest absolute Gasteiger partial charge is 0.370 e. The molecule has 0 saturated heterocycles. The molecular formula is C13H21N5O3. The zero-order valence-corrected chi connectivity index (χ0v) is 12.5. The minimum absolute atomic E-state index is 0.0462. The fourth-order valence-electron chi connectivity index (χ4n) is 1.68. The first-order valence-electron chi connectivity index (χ1n) is 6.86. The number of aromatic nitrogens is 1. The van der Waals surface area contributed by atoms with Crippen molar-refractivity contribution in [3.63, 3.8) is 0 Å². The van der Waals surface area contributed by atoms with Gasteiger partial charge in [-0.3, -0.25) is 14.9 Å².